The predicted octanol–water partition coefficient (Wildman–Crippen LogP) is 1.42. The van der Waals surface area contributed by atoms with Crippen LogP contribution < -0.4 is 5.32 Å². The molecule has 0 bridgehead atoms. The number of amides is 2. The van der Waals surface area contributed by atoms with Gasteiger partial charge in [-0.25, -0.2) is 8.42 Å². The average molecular weight is 351 g/mol. The van der Waals surface area contributed by atoms with Crippen LogP contribution in [0.3, 0.4) is 0 Å². The third-order valence-corrected chi connectivity index (χ3v) is 5.58. The monoisotopic (exact) mass is 350 g/mol. The molecule has 0 atom stereocenters. The fraction of sp³-hybridized carbons (Fsp3) is 0.333. The lowest BCUT2D eigenvalue weighted by Gasteiger charge is -2.38. The van der Waals surface area contributed by atoms with Gasteiger partial charge in [0.15, 0.2) is 0 Å². The van der Waals surface area contributed by atoms with Crippen LogP contribution in [0.4, 0.5) is 0 Å². The van der Waals surface area contributed by atoms with Gasteiger partial charge in [0.2, 0.25) is 21.8 Å². The number of imide groups is 1. The highest BCUT2D eigenvalue weighted by Gasteiger charge is 2.47. The van der Waals surface area contributed by atoms with E-state index < -0.39 is 33.9 Å². The highest BCUT2D eigenvalue weighted by atomic mass is 35.5. The number of nitrogens with zero attached hydrogens (tertiary/aromatic N) is 1. The van der Waals surface area contributed by atoms with Gasteiger partial charge in [0.1, 0.15) is 5.54 Å². The van der Waals surface area contributed by atoms with Crippen molar-refractivity contribution in [3.8, 4) is 0 Å². The van der Waals surface area contributed by atoms with Crippen molar-refractivity contribution in [1.29, 1.82) is 0 Å². The van der Waals surface area contributed by atoms with E-state index in [0.29, 0.717) is 0 Å². The summed E-state index contributed by atoms with van der Waals surface area (Å²) in [6.07, 6.45) is 0. The molecular weight excluding hydrogens is 339 g/mol. The lowest BCUT2D eigenvalue weighted by Crippen LogP contribution is -2.65. The summed E-state index contributed by atoms with van der Waals surface area (Å²) in [5.41, 5.74) is -1.40. The van der Waals surface area contributed by atoms with E-state index in [1.165, 1.54) is 32.0 Å². The van der Waals surface area contributed by atoms with E-state index in [0.717, 1.165) is 4.31 Å². The molecular formula is C12H12Cl2N2O4S. The predicted molar refractivity (Wildman–Crippen MR) is 77.6 cm³/mol. The van der Waals surface area contributed by atoms with Gasteiger partial charge in [-0.2, -0.15) is 4.31 Å². The molecule has 6 nitrogen and oxygen atoms in total. The van der Waals surface area contributed by atoms with E-state index >= 15 is 0 Å². The number of carbonyl (C=O) groups is 2. The van der Waals surface area contributed by atoms with E-state index in [4.69, 9.17) is 23.2 Å². The Bertz CT molecular complexity index is 711. The highest BCUT2D eigenvalue weighted by molar-refractivity contribution is 7.89. The molecule has 0 saturated carbocycles. The molecule has 1 saturated heterocycles. The van der Waals surface area contributed by atoms with Crippen molar-refractivity contribution < 1.29 is 18.0 Å². The van der Waals surface area contributed by atoms with Crippen LogP contribution in [0, 0.1) is 0 Å². The highest BCUT2D eigenvalue weighted by Crippen LogP contribution is 2.30. The molecule has 1 heterocycles. The minimum Gasteiger partial charge on any atom is -0.294 e. The smallest absolute Gasteiger partial charge is 0.247 e. The largest absolute Gasteiger partial charge is 0.294 e. The summed E-state index contributed by atoms with van der Waals surface area (Å²) in [5.74, 6) is -1.37. The second-order valence-corrected chi connectivity index (χ2v) is 7.79. The van der Waals surface area contributed by atoms with Gasteiger partial charge in [-0.1, -0.05) is 23.2 Å². The van der Waals surface area contributed by atoms with Gasteiger partial charge in [-0.3, -0.25) is 14.9 Å². The number of carbonyl (C=O) groups excluding carboxylic acids is 2. The van der Waals surface area contributed by atoms with E-state index in [9.17, 15) is 18.0 Å². The van der Waals surface area contributed by atoms with Crippen molar-refractivity contribution in [2.24, 2.45) is 0 Å². The normalized spacial score (nSPS) is 19.4. The SMILES string of the molecule is CC1(C)C(=O)NC(=O)CN1S(=O)(=O)c1cc(Cl)cc(Cl)c1. The Kier molecular flexibility index (Phi) is 4.05. The van der Waals surface area contributed by atoms with Crippen LogP contribution in [0.5, 0.6) is 0 Å². The fourth-order valence-electron chi connectivity index (χ4n) is 1.95. The van der Waals surface area contributed by atoms with Gasteiger partial charge in [-0.05, 0) is 32.0 Å². The van der Waals surface area contributed by atoms with Crippen molar-refractivity contribution in [2.75, 3.05) is 6.54 Å². The Morgan fingerprint density at radius 1 is 1.14 bits per heavy atom. The van der Waals surface area contributed by atoms with Crippen molar-refractivity contribution >= 4 is 45.0 Å². The quantitative estimate of drug-likeness (QED) is 0.817. The summed E-state index contributed by atoms with van der Waals surface area (Å²) in [4.78, 5) is 23.2. The number of halogens is 2. The van der Waals surface area contributed by atoms with Crippen LogP contribution in [0.1, 0.15) is 13.8 Å². The lowest BCUT2D eigenvalue weighted by molar-refractivity contribution is -0.141. The maximum atomic E-state index is 12.7. The van der Waals surface area contributed by atoms with Gasteiger partial charge in [0.05, 0.1) is 11.4 Å². The second kappa shape index (κ2) is 5.24. The minimum absolute atomic E-state index is 0.145. The molecule has 1 fully saturated rings. The molecule has 21 heavy (non-hydrogen) atoms. The molecule has 0 radical (unpaired) electrons. The number of rotatable bonds is 2. The number of benzene rings is 1. The Morgan fingerprint density at radius 2 is 1.67 bits per heavy atom. The van der Waals surface area contributed by atoms with Crippen LogP contribution in [-0.4, -0.2) is 36.6 Å². The molecule has 1 aliphatic heterocycles. The Balaban J connectivity index is 2.56. The van der Waals surface area contributed by atoms with Crippen molar-refractivity contribution in [3.05, 3.63) is 28.2 Å². The third-order valence-electron chi connectivity index (χ3n) is 3.14. The van der Waals surface area contributed by atoms with Gasteiger partial charge in [-0.15, -0.1) is 0 Å². The molecule has 1 aromatic rings. The summed E-state index contributed by atoms with van der Waals surface area (Å²) < 4.78 is 26.2. The summed E-state index contributed by atoms with van der Waals surface area (Å²) in [6.45, 7) is 2.38. The number of sulfonamides is 1. The molecule has 1 aliphatic rings. The summed E-state index contributed by atoms with van der Waals surface area (Å²) in [7, 11) is -4.10. The summed E-state index contributed by atoms with van der Waals surface area (Å²) in [5, 5.41) is 2.40. The fourth-order valence-corrected chi connectivity index (χ4v) is 4.38. The van der Waals surface area contributed by atoms with Gasteiger partial charge in [0, 0.05) is 10.0 Å². The number of piperazine rings is 1. The first-order chi connectivity index (χ1) is 9.55. The zero-order valence-corrected chi connectivity index (χ0v) is 13.5. The summed E-state index contributed by atoms with van der Waals surface area (Å²) in [6, 6.07) is 3.83. The Hall–Kier alpha value is -1.15. The molecule has 2 rings (SSSR count). The number of nitrogens with one attached hydrogen (secondary N) is 1. The Morgan fingerprint density at radius 3 is 2.19 bits per heavy atom. The van der Waals surface area contributed by atoms with E-state index in [2.05, 4.69) is 5.32 Å². The molecule has 0 aliphatic carbocycles. The zero-order chi connectivity index (χ0) is 16.0. The minimum atomic E-state index is -4.10. The van der Waals surface area contributed by atoms with Crippen LogP contribution >= 0.6 is 23.2 Å². The topological polar surface area (TPSA) is 83.6 Å². The van der Waals surface area contributed by atoms with Crippen molar-refractivity contribution in [1.82, 2.24) is 9.62 Å². The maximum Gasteiger partial charge on any atom is 0.247 e. The van der Waals surface area contributed by atoms with Crippen LogP contribution in [0.15, 0.2) is 23.1 Å². The zero-order valence-electron chi connectivity index (χ0n) is 11.2. The van der Waals surface area contributed by atoms with Gasteiger partial charge < -0.3 is 0 Å². The average Bonchev–Trinajstić information content (AvgIpc) is 2.32. The first kappa shape index (κ1) is 16.2. The van der Waals surface area contributed by atoms with Crippen LogP contribution in [-0.2, 0) is 19.6 Å². The standard InChI is InChI=1S/C12H12Cl2N2O4S/c1-12(2)11(18)15-10(17)6-16(12)21(19,20)9-4-7(13)3-8(14)5-9/h3-5H,6H2,1-2H3,(H,15,17,18). The number of hydrogen-bond donors (Lipinski definition) is 1. The van der Waals surface area contributed by atoms with E-state index in [1.807, 2.05) is 0 Å². The first-order valence-corrected chi connectivity index (χ1v) is 8.08. The summed E-state index contributed by atoms with van der Waals surface area (Å²) >= 11 is 11.6. The van der Waals surface area contributed by atoms with Crippen molar-refractivity contribution in [2.45, 2.75) is 24.3 Å². The molecule has 0 unspecified atom stereocenters. The lowest BCUT2D eigenvalue weighted by atomic mass is 10.0. The Labute approximate surface area is 132 Å². The second-order valence-electron chi connectivity index (χ2n) is 5.05. The van der Waals surface area contributed by atoms with Gasteiger partial charge in [0.25, 0.3) is 0 Å². The van der Waals surface area contributed by atoms with Crippen LogP contribution in [0.25, 0.3) is 0 Å². The van der Waals surface area contributed by atoms with Gasteiger partial charge >= 0.3 is 0 Å². The molecule has 1 N–H and O–H groups in total. The molecule has 1 aromatic carbocycles. The van der Waals surface area contributed by atoms with E-state index in [-0.39, 0.29) is 14.9 Å². The molecule has 9 heteroatoms. The molecule has 0 aromatic heterocycles. The third kappa shape index (κ3) is 2.91. The molecule has 0 spiro atoms. The molecule has 2 amide bonds. The number of hydrogen-bond acceptors (Lipinski definition) is 4. The first-order valence-electron chi connectivity index (χ1n) is 5.88. The van der Waals surface area contributed by atoms with Crippen molar-refractivity contribution in [3.63, 3.8) is 0 Å². The van der Waals surface area contributed by atoms with E-state index in [1.54, 1.807) is 0 Å². The maximum absolute atomic E-state index is 12.7. The van der Waals surface area contributed by atoms with Crippen LogP contribution in [0.2, 0.25) is 10.0 Å². The molecule has 114 valence electrons.